The Bertz CT molecular complexity index is 4320. The minimum Gasteiger partial charge on any atom is -0.466 e. The normalized spacial score (nSPS) is 14.0. The molecular formula is C67H59N5O2. The van der Waals surface area contributed by atoms with Gasteiger partial charge in [0, 0.05) is 51.3 Å². The zero-order chi connectivity index (χ0) is 55.6. The van der Waals surface area contributed by atoms with Gasteiger partial charge >= 0.3 is 0 Å². The molecule has 1 aliphatic rings. The largest absolute Gasteiger partial charge is 0.466 e. The molecule has 4 heterocycles. The minimum atomic E-state index is -0.435. The van der Waals surface area contributed by atoms with E-state index in [4.69, 9.17) is 24.8 Å². The summed E-state index contributed by atoms with van der Waals surface area (Å²) < 4.78 is 60.3. The van der Waals surface area contributed by atoms with E-state index in [-0.39, 0.29) is 46.0 Å². The van der Waals surface area contributed by atoms with Gasteiger partial charge < -0.3 is 19.0 Å². The molecule has 12 rings (SSSR count). The van der Waals surface area contributed by atoms with Crippen LogP contribution in [0.2, 0.25) is 0 Å². The van der Waals surface area contributed by atoms with Crippen LogP contribution in [0.4, 0.5) is 28.4 Å². The molecule has 0 fully saturated rings. The highest BCUT2D eigenvalue weighted by Gasteiger charge is 2.33. The summed E-state index contributed by atoms with van der Waals surface area (Å²) in [5.74, 6) is 1.99. The van der Waals surface area contributed by atoms with Crippen molar-refractivity contribution in [1.82, 2.24) is 9.55 Å². The topological polar surface area (TPSA) is 51.0 Å². The standard InChI is InChI=1S/C67H59N5O2/c1-65(2,3)44-33-34-69-60(38-44)72-58-32-31-53-52-25-18-26-55(68-10)63(52)74-64(53)61(58)54-30-29-49(40-59(54)72)73-48-22-16-21-47(39-48)70-41-71(57-28-15-14-27-56(57)70)62-50(42-19-12-11-13-20-42)23-17-24-51(62)43-35-45(66(4,5)6)37-46(36-43)67(7,8)9/h11-40H,41H2,1-9H3/i11D,12D,13D,19D,20D. The van der Waals surface area contributed by atoms with Crippen molar-refractivity contribution in [3.05, 3.63) is 210 Å². The van der Waals surface area contributed by atoms with Gasteiger partial charge in [-0.3, -0.25) is 4.57 Å². The van der Waals surface area contributed by atoms with Gasteiger partial charge in [0.2, 0.25) is 5.69 Å². The second-order valence-electron chi connectivity index (χ2n) is 22.5. The highest BCUT2D eigenvalue weighted by Crippen LogP contribution is 2.51. The van der Waals surface area contributed by atoms with E-state index < -0.39 is 6.04 Å². The smallest absolute Gasteiger partial charge is 0.229 e. The van der Waals surface area contributed by atoms with Crippen LogP contribution in [0.25, 0.3) is 76.7 Å². The Morgan fingerprint density at radius 3 is 1.93 bits per heavy atom. The third-order valence-corrected chi connectivity index (χ3v) is 14.5. The van der Waals surface area contributed by atoms with Gasteiger partial charge in [0.05, 0.1) is 46.9 Å². The van der Waals surface area contributed by atoms with Gasteiger partial charge in [-0.15, -0.1) is 0 Å². The number of furan rings is 1. The molecule has 0 spiro atoms. The van der Waals surface area contributed by atoms with Crippen molar-refractivity contribution >= 4 is 72.2 Å². The first-order valence-electron chi connectivity index (χ1n) is 27.7. The van der Waals surface area contributed by atoms with Crippen LogP contribution in [0.3, 0.4) is 0 Å². The summed E-state index contributed by atoms with van der Waals surface area (Å²) in [5, 5.41) is 3.69. The van der Waals surface area contributed by atoms with E-state index in [0.29, 0.717) is 40.6 Å². The number of rotatable bonds is 7. The van der Waals surface area contributed by atoms with Gasteiger partial charge in [0.1, 0.15) is 35.2 Å². The van der Waals surface area contributed by atoms with Gasteiger partial charge in [-0.25, -0.2) is 9.83 Å². The number of aromatic nitrogens is 2. The Hall–Kier alpha value is -8.60. The molecule has 0 unspecified atom stereocenters. The van der Waals surface area contributed by atoms with Gasteiger partial charge in [-0.05, 0) is 105 Å². The van der Waals surface area contributed by atoms with E-state index in [9.17, 15) is 2.74 Å². The molecule has 74 heavy (non-hydrogen) atoms. The van der Waals surface area contributed by atoms with Crippen LogP contribution in [-0.2, 0) is 16.2 Å². The first-order valence-corrected chi connectivity index (χ1v) is 25.2. The summed E-state index contributed by atoms with van der Waals surface area (Å²) in [6.45, 7) is 28.1. The average molecular weight is 971 g/mol. The second-order valence-corrected chi connectivity index (χ2v) is 22.5. The highest BCUT2D eigenvalue weighted by molar-refractivity contribution is 6.24. The number of hydrogen-bond acceptors (Lipinski definition) is 5. The molecule has 7 nitrogen and oxygen atoms in total. The lowest BCUT2D eigenvalue weighted by Gasteiger charge is -2.29. The van der Waals surface area contributed by atoms with Gasteiger partial charge in [-0.2, -0.15) is 0 Å². The zero-order valence-corrected chi connectivity index (χ0v) is 43.2. The maximum atomic E-state index is 9.28. The molecule has 0 saturated carbocycles. The first-order chi connectivity index (χ1) is 37.6. The average Bonchev–Trinajstić information content (AvgIpc) is 3.94. The predicted molar refractivity (Wildman–Crippen MR) is 308 cm³/mol. The molecule has 8 aromatic carbocycles. The molecule has 0 radical (unpaired) electrons. The predicted octanol–water partition coefficient (Wildman–Crippen LogP) is 18.9. The first kappa shape index (κ1) is 40.9. The van der Waals surface area contributed by atoms with Crippen molar-refractivity contribution < 1.29 is 16.0 Å². The quantitative estimate of drug-likeness (QED) is 0.149. The molecule has 0 atom stereocenters. The number of para-hydroxylation sites is 4. The molecule has 364 valence electrons. The number of ether oxygens (including phenoxy) is 1. The molecule has 0 amide bonds. The fourth-order valence-electron chi connectivity index (χ4n) is 10.5. The van der Waals surface area contributed by atoms with Crippen LogP contribution < -0.4 is 14.5 Å². The Kier molecular flexibility index (Phi) is 9.56. The third kappa shape index (κ3) is 7.93. The van der Waals surface area contributed by atoms with Gasteiger partial charge in [-0.1, -0.05) is 165 Å². The van der Waals surface area contributed by atoms with Gasteiger partial charge in [0.15, 0.2) is 0 Å². The summed E-state index contributed by atoms with van der Waals surface area (Å²) in [6, 6.07) is 47.3. The van der Waals surface area contributed by atoms with Crippen LogP contribution in [-0.4, -0.2) is 16.2 Å². The molecule has 7 heteroatoms. The summed E-state index contributed by atoms with van der Waals surface area (Å²) in [6.07, 6.45) is 1.86. The van der Waals surface area contributed by atoms with E-state index >= 15 is 0 Å². The van der Waals surface area contributed by atoms with E-state index in [1.54, 1.807) is 6.07 Å². The van der Waals surface area contributed by atoms with Crippen LogP contribution >= 0.6 is 0 Å². The molecule has 0 bridgehead atoms. The number of anilines is 4. The fourth-order valence-corrected chi connectivity index (χ4v) is 10.5. The van der Waals surface area contributed by atoms with E-state index in [2.05, 4.69) is 160 Å². The maximum Gasteiger partial charge on any atom is 0.229 e. The molecule has 11 aromatic rings. The summed E-state index contributed by atoms with van der Waals surface area (Å²) in [5.41, 5.74) is 12.4. The van der Waals surface area contributed by atoms with Crippen molar-refractivity contribution in [2.24, 2.45) is 0 Å². The third-order valence-electron chi connectivity index (χ3n) is 14.5. The molecule has 0 aliphatic carbocycles. The van der Waals surface area contributed by atoms with E-state index in [0.717, 1.165) is 77.8 Å². The van der Waals surface area contributed by atoms with Crippen molar-refractivity contribution in [1.29, 1.82) is 0 Å². The lowest BCUT2D eigenvalue weighted by molar-refractivity contribution is 0.483. The molecule has 0 saturated heterocycles. The van der Waals surface area contributed by atoms with Crippen molar-refractivity contribution in [2.45, 2.75) is 78.6 Å². The van der Waals surface area contributed by atoms with Crippen LogP contribution in [0.15, 0.2) is 186 Å². The number of nitrogens with zero attached hydrogens (tertiary/aromatic N) is 5. The molecular weight excluding hydrogens is 907 g/mol. The lowest BCUT2D eigenvalue weighted by Crippen LogP contribution is -2.25. The minimum absolute atomic E-state index is 0.130. The molecule has 3 aromatic heterocycles. The summed E-state index contributed by atoms with van der Waals surface area (Å²) in [7, 11) is 0. The lowest BCUT2D eigenvalue weighted by atomic mass is 9.78. The fraction of sp³-hybridized carbons (Fsp3) is 0.194. The molecule has 0 N–H and O–H groups in total. The van der Waals surface area contributed by atoms with Crippen molar-refractivity contribution in [2.75, 3.05) is 16.5 Å². The second kappa shape index (κ2) is 17.3. The van der Waals surface area contributed by atoms with Crippen molar-refractivity contribution in [3.8, 4) is 39.6 Å². The zero-order valence-electron chi connectivity index (χ0n) is 48.2. The summed E-state index contributed by atoms with van der Waals surface area (Å²) in [4.78, 5) is 13.2. The number of fused-ring (bicyclic) bond motifs is 8. The Morgan fingerprint density at radius 2 is 1.22 bits per heavy atom. The molecule has 1 aliphatic heterocycles. The maximum absolute atomic E-state index is 9.28. The Labute approximate surface area is 440 Å². The SMILES string of the molecule is [2H]c1c([2H])c([2H])c(-c2cccc(-c3cc(C(C)(C)C)cc(C(C)(C)C)c3)c2N2CN(c3cccc(Oc4ccc5c6c7oc8c([N+]#[C-])cccc8c7ccc6n(-c6cc(C(C)(C)C)ccn6)c5c4)c3)c3ccccc32)c([2H])c1[2H]. The van der Waals surface area contributed by atoms with Gasteiger partial charge in [0.25, 0.3) is 0 Å². The Balaban J connectivity index is 0.991. The highest BCUT2D eigenvalue weighted by atomic mass is 16.5. The summed E-state index contributed by atoms with van der Waals surface area (Å²) >= 11 is 0. The Morgan fingerprint density at radius 1 is 0.568 bits per heavy atom. The van der Waals surface area contributed by atoms with E-state index in [1.807, 2.05) is 66.9 Å². The number of benzene rings is 8. The van der Waals surface area contributed by atoms with Crippen LogP contribution in [0, 0.1) is 6.57 Å². The number of hydrogen-bond donors (Lipinski definition) is 0. The van der Waals surface area contributed by atoms with Crippen LogP contribution in [0.5, 0.6) is 11.5 Å². The van der Waals surface area contributed by atoms with Crippen LogP contribution in [0.1, 0.15) is 85.9 Å². The number of pyridine rings is 1. The van der Waals surface area contributed by atoms with E-state index in [1.165, 1.54) is 11.1 Å². The monoisotopic (exact) mass is 970 g/mol. The van der Waals surface area contributed by atoms with Crippen molar-refractivity contribution in [3.63, 3.8) is 0 Å².